The molecule has 0 radical (unpaired) electrons. The first-order valence-electron chi connectivity index (χ1n) is 12.1. The summed E-state index contributed by atoms with van der Waals surface area (Å²) in [4.78, 5) is 10.1. The summed E-state index contributed by atoms with van der Waals surface area (Å²) in [6.45, 7) is 3.14. The molecule has 0 bridgehead atoms. The number of nitrogens with one attached hydrogen (secondary N) is 1. The predicted molar refractivity (Wildman–Crippen MR) is 117 cm³/mol. The molecule has 0 heterocycles. The summed E-state index contributed by atoms with van der Waals surface area (Å²) in [6.07, 6.45) is 30.5. The van der Waals surface area contributed by atoms with Crippen molar-refractivity contribution < 1.29 is 4.79 Å². The van der Waals surface area contributed by atoms with E-state index in [0.717, 1.165) is 19.4 Å². The Morgan fingerprint density at radius 1 is 0.462 bits per heavy atom. The molecular formula is C24H49NO. The molecular weight excluding hydrogens is 318 g/mol. The Morgan fingerprint density at radius 2 is 0.731 bits per heavy atom. The lowest BCUT2D eigenvalue weighted by molar-refractivity contribution is -0.109. The van der Waals surface area contributed by atoms with Crippen LogP contribution in [0.3, 0.4) is 0 Å². The van der Waals surface area contributed by atoms with E-state index < -0.39 is 0 Å². The van der Waals surface area contributed by atoms with Gasteiger partial charge in [-0.15, -0.1) is 0 Å². The summed E-state index contributed by atoms with van der Waals surface area (Å²) in [5.74, 6) is 0. The van der Waals surface area contributed by atoms with Crippen LogP contribution in [0.15, 0.2) is 0 Å². The third kappa shape index (κ3) is 23.5. The van der Waals surface area contributed by atoms with Gasteiger partial charge in [-0.2, -0.15) is 0 Å². The van der Waals surface area contributed by atoms with Crippen molar-refractivity contribution in [3.63, 3.8) is 0 Å². The highest BCUT2D eigenvalue weighted by Gasteiger charge is 1.95. The minimum absolute atomic E-state index is 0.802. The number of hydrogen-bond donors (Lipinski definition) is 1. The molecule has 156 valence electrons. The summed E-state index contributed by atoms with van der Waals surface area (Å²) >= 11 is 0. The van der Waals surface area contributed by atoms with Crippen molar-refractivity contribution >= 4 is 6.41 Å². The fourth-order valence-corrected chi connectivity index (χ4v) is 3.72. The summed E-state index contributed by atoms with van der Waals surface area (Å²) in [5.41, 5.74) is 0. The molecule has 0 aliphatic rings. The number of hydrogen-bond acceptors (Lipinski definition) is 1. The van der Waals surface area contributed by atoms with E-state index in [1.807, 2.05) is 0 Å². The van der Waals surface area contributed by atoms with Crippen LogP contribution in [0.4, 0.5) is 0 Å². The van der Waals surface area contributed by atoms with Gasteiger partial charge >= 0.3 is 0 Å². The van der Waals surface area contributed by atoms with E-state index in [1.165, 1.54) is 128 Å². The van der Waals surface area contributed by atoms with E-state index in [0.29, 0.717) is 0 Å². The number of amides is 1. The third-order valence-electron chi connectivity index (χ3n) is 5.51. The molecule has 0 saturated heterocycles. The monoisotopic (exact) mass is 367 g/mol. The molecule has 2 heteroatoms. The van der Waals surface area contributed by atoms with Gasteiger partial charge in [0.25, 0.3) is 0 Å². The molecule has 0 saturated carbocycles. The quantitative estimate of drug-likeness (QED) is 0.144. The Kier molecular flexibility index (Phi) is 24.0. The molecule has 26 heavy (non-hydrogen) atoms. The lowest BCUT2D eigenvalue weighted by atomic mass is 10.0. The summed E-state index contributed by atoms with van der Waals surface area (Å²) in [6, 6.07) is 0. The summed E-state index contributed by atoms with van der Waals surface area (Å²) < 4.78 is 0. The molecule has 0 aromatic rings. The number of rotatable bonds is 23. The van der Waals surface area contributed by atoms with E-state index >= 15 is 0 Å². The maximum Gasteiger partial charge on any atom is 0.207 e. The number of carbonyl (C=O) groups excluding carboxylic acids is 1. The molecule has 0 aromatic heterocycles. The van der Waals surface area contributed by atoms with Crippen LogP contribution >= 0.6 is 0 Å². The van der Waals surface area contributed by atoms with Gasteiger partial charge in [0.15, 0.2) is 0 Å². The number of carbonyl (C=O) groups is 1. The van der Waals surface area contributed by atoms with E-state index in [-0.39, 0.29) is 0 Å². The van der Waals surface area contributed by atoms with Crippen molar-refractivity contribution in [3.8, 4) is 0 Å². The van der Waals surface area contributed by atoms with E-state index in [9.17, 15) is 4.79 Å². The van der Waals surface area contributed by atoms with Gasteiger partial charge in [-0.05, 0) is 6.42 Å². The Morgan fingerprint density at radius 3 is 1.00 bits per heavy atom. The molecule has 0 aliphatic carbocycles. The van der Waals surface area contributed by atoms with E-state index in [2.05, 4.69) is 12.2 Å². The second kappa shape index (κ2) is 24.5. The van der Waals surface area contributed by atoms with Gasteiger partial charge in [-0.3, -0.25) is 4.79 Å². The molecule has 0 atom stereocenters. The van der Waals surface area contributed by atoms with Crippen molar-refractivity contribution in [2.75, 3.05) is 6.54 Å². The first kappa shape index (κ1) is 25.5. The average Bonchev–Trinajstić information content (AvgIpc) is 2.66. The largest absolute Gasteiger partial charge is 0.359 e. The van der Waals surface area contributed by atoms with Crippen LogP contribution in [0.2, 0.25) is 0 Å². The maximum absolute atomic E-state index is 10.1. The summed E-state index contributed by atoms with van der Waals surface area (Å²) in [5, 5.41) is 2.73. The first-order valence-corrected chi connectivity index (χ1v) is 12.1. The minimum Gasteiger partial charge on any atom is -0.359 e. The molecule has 0 fully saturated rings. The van der Waals surface area contributed by atoms with Gasteiger partial charge < -0.3 is 5.32 Å². The molecule has 1 N–H and O–H groups in total. The first-order chi connectivity index (χ1) is 12.9. The van der Waals surface area contributed by atoms with E-state index in [1.54, 1.807) is 0 Å². The number of unbranched alkanes of at least 4 members (excludes halogenated alkanes) is 20. The lowest BCUT2D eigenvalue weighted by Gasteiger charge is -2.04. The molecule has 1 amide bonds. The van der Waals surface area contributed by atoms with Crippen molar-refractivity contribution in [2.24, 2.45) is 0 Å². The van der Waals surface area contributed by atoms with Crippen LogP contribution in [0.25, 0.3) is 0 Å². The van der Waals surface area contributed by atoms with Crippen LogP contribution in [0.5, 0.6) is 0 Å². The zero-order valence-electron chi connectivity index (χ0n) is 18.0. The predicted octanol–water partition coefficient (Wildman–Crippen LogP) is 7.94. The zero-order chi connectivity index (χ0) is 19.0. The van der Waals surface area contributed by atoms with Crippen LogP contribution in [0, 0.1) is 0 Å². The fourth-order valence-electron chi connectivity index (χ4n) is 3.72. The highest BCUT2D eigenvalue weighted by molar-refractivity contribution is 5.45. The van der Waals surface area contributed by atoms with Crippen LogP contribution in [0.1, 0.15) is 142 Å². The molecule has 0 rings (SSSR count). The third-order valence-corrected chi connectivity index (χ3v) is 5.51. The lowest BCUT2D eigenvalue weighted by Crippen LogP contribution is -2.11. The van der Waals surface area contributed by atoms with Gasteiger partial charge in [0, 0.05) is 6.54 Å². The highest BCUT2D eigenvalue weighted by atomic mass is 16.1. The van der Waals surface area contributed by atoms with Gasteiger partial charge in [0.2, 0.25) is 6.41 Å². The van der Waals surface area contributed by atoms with Crippen molar-refractivity contribution in [1.29, 1.82) is 0 Å². The second-order valence-corrected chi connectivity index (χ2v) is 8.14. The smallest absolute Gasteiger partial charge is 0.207 e. The zero-order valence-corrected chi connectivity index (χ0v) is 18.0. The SMILES string of the molecule is CCCCCCCCCCCCCCCCCCCCCCCNC=O. The standard InChI is InChI=1S/C24H49NO/c1-2-3-4-5-6-7-8-9-10-11-12-13-14-15-16-17-18-19-20-21-22-23-25-24-26/h24H,2-23H2,1H3,(H,25,26). The van der Waals surface area contributed by atoms with Crippen LogP contribution in [-0.2, 0) is 4.79 Å². The molecule has 0 spiro atoms. The van der Waals surface area contributed by atoms with Crippen molar-refractivity contribution in [2.45, 2.75) is 142 Å². The van der Waals surface area contributed by atoms with E-state index in [4.69, 9.17) is 0 Å². The maximum atomic E-state index is 10.1. The van der Waals surface area contributed by atoms with Crippen LogP contribution < -0.4 is 5.32 Å². The van der Waals surface area contributed by atoms with Crippen LogP contribution in [-0.4, -0.2) is 13.0 Å². The van der Waals surface area contributed by atoms with Gasteiger partial charge in [0.05, 0.1) is 0 Å². The highest BCUT2D eigenvalue weighted by Crippen LogP contribution is 2.14. The van der Waals surface area contributed by atoms with Crippen molar-refractivity contribution in [3.05, 3.63) is 0 Å². The average molecular weight is 368 g/mol. The fraction of sp³-hybridized carbons (Fsp3) is 0.958. The Balaban J connectivity index is 2.96. The normalized spacial score (nSPS) is 11.0. The van der Waals surface area contributed by atoms with Gasteiger partial charge in [-0.25, -0.2) is 0 Å². The Bertz CT molecular complexity index is 255. The van der Waals surface area contributed by atoms with Gasteiger partial charge in [-0.1, -0.05) is 135 Å². The summed E-state index contributed by atoms with van der Waals surface area (Å²) in [7, 11) is 0. The molecule has 2 nitrogen and oxygen atoms in total. The molecule has 0 aliphatic heterocycles. The Labute approximate surface area is 165 Å². The molecule has 0 aromatic carbocycles. The minimum atomic E-state index is 0.802. The van der Waals surface area contributed by atoms with Gasteiger partial charge in [0.1, 0.15) is 0 Å². The van der Waals surface area contributed by atoms with Crippen molar-refractivity contribution in [1.82, 2.24) is 5.32 Å². The topological polar surface area (TPSA) is 29.1 Å². The Hall–Kier alpha value is -0.530. The second-order valence-electron chi connectivity index (χ2n) is 8.14. The molecule has 0 unspecified atom stereocenters.